The number of fused-ring (bicyclic) bond motifs is 1. The van der Waals surface area contributed by atoms with Crippen LogP contribution in [0.1, 0.15) is 185 Å². The summed E-state index contributed by atoms with van der Waals surface area (Å²) in [6, 6.07) is 2.39. The molecule has 1 aromatic carbocycles. The average molecular weight is 1090 g/mol. The summed E-state index contributed by atoms with van der Waals surface area (Å²) in [7, 11) is 0. The number of piperidine rings is 1. The number of carbonyl (C=O) groups excluding carboxylic acids is 6. The molecule has 2 heterocycles. The molecule has 5 N–H and O–H groups in total. The summed E-state index contributed by atoms with van der Waals surface area (Å²) in [6.45, 7) is 22.2. The van der Waals surface area contributed by atoms with Crippen LogP contribution in [0.5, 0.6) is 0 Å². The molecule has 1 aliphatic heterocycles. The fourth-order valence-corrected chi connectivity index (χ4v) is 10.3. The van der Waals surface area contributed by atoms with Crippen molar-refractivity contribution in [1.82, 2.24) is 31.2 Å². The molecule has 1 fully saturated rings. The first-order valence-corrected chi connectivity index (χ1v) is 28.5. The Kier molecular flexibility index (Phi) is 26.7. The van der Waals surface area contributed by atoms with E-state index in [1.54, 1.807) is 25.3 Å². The second kappa shape index (κ2) is 31.7. The van der Waals surface area contributed by atoms with E-state index in [2.05, 4.69) is 35.1 Å². The van der Waals surface area contributed by atoms with Crippen LogP contribution in [-0.2, 0) is 54.1 Å². The van der Waals surface area contributed by atoms with Crippen LogP contribution >= 0.6 is 11.3 Å². The topological polar surface area (TPSA) is 233 Å². The molecule has 76 heavy (non-hydrogen) atoms. The van der Waals surface area contributed by atoms with E-state index in [9.17, 15) is 38.3 Å². The zero-order chi connectivity index (χ0) is 56.1. The van der Waals surface area contributed by atoms with Gasteiger partial charge in [-0.15, -0.1) is 11.3 Å². The Labute approximate surface area is 454 Å². The molecule has 20 heteroatoms. The van der Waals surface area contributed by atoms with E-state index < -0.39 is 71.9 Å². The predicted molar refractivity (Wildman–Crippen MR) is 288 cm³/mol. The lowest BCUT2D eigenvalue weighted by Crippen LogP contribution is -2.58. The van der Waals surface area contributed by atoms with Crippen molar-refractivity contribution < 1.29 is 61.9 Å². The van der Waals surface area contributed by atoms with Crippen LogP contribution < -0.4 is 21.3 Å². The highest BCUT2D eigenvalue weighted by Gasteiger charge is 2.39. The SMILES string of the molecule is CCCOC(CC(C(C)C)N(CCC)C(=O)C(NC(=O)C1CCCCN1)C(C)CC)c1nc(C(=O)NC2Cc3ccc(F)cc3C(C(=O)OC(C)CNC(=O)CCCC(=O)OCC(OC(C)CO)OC(C)(C)C)C2)cs1. The highest BCUT2D eigenvalue weighted by molar-refractivity contribution is 7.09. The van der Waals surface area contributed by atoms with Crippen LogP contribution in [0.2, 0.25) is 0 Å². The van der Waals surface area contributed by atoms with Gasteiger partial charge in [0.05, 0.1) is 36.8 Å². The first kappa shape index (κ1) is 63.9. The molecule has 0 bridgehead atoms. The van der Waals surface area contributed by atoms with Crippen molar-refractivity contribution in [3.05, 3.63) is 51.2 Å². The van der Waals surface area contributed by atoms with Gasteiger partial charge < -0.3 is 55.0 Å². The molecule has 4 amide bonds. The molecule has 18 nitrogen and oxygen atoms in total. The van der Waals surface area contributed by atoms with Crippen LogP contribution in [0.4, 0.5) is 4.39 Å². The van der Waals surface area contributed by atoms with Crippen LogP contribution in [0.25, 0.3) is 0 Å². The van der Waals surface area contributed by atoms with Crippen molar-refractivity contribution in [2.24, 2.45) is 11.8 Å². The predicted octanol–water partition coefficient (Wildman–Crippen LogP) is 7.20. The Bertz CT molecular complexity index is 2170. The molecule has 4 rings (SSSR count). The third-order valence-electron chi connectivity index (χ3n) is 13.6. The zero-order valence-electron chi connectivity index (χ0n) is 47.0. The Morgan fingerprint density at radius 2 is 1.75 bits per heavy atom. The van der Waals surface area contributed by atoms with Crippen LogP contribution in [0.15, 0.2) is 23.6 Å². The number of carbonyl (C=O) groups is 6. The van der Waals surface area contributed by atoms with E-state index in [1.165, 1.54) is 23.5 Å². The average Bonchev–Trinajstić information content (AvgIpc) is 3.88. The van der Waals surface area contributed by atoms with Crippen molar-refractivity contribution in [3.63, 3.8) is 0 Å². The summed E-state index contributed by atoms with van der Waals surface area (Å²) in [5, 5.41) is 23.9. The lowest BCUT2D eigenvalue weighted by molar-refractivity contribution is -0.235. The molecule has 2 aliphatic rings. The molecule has 1 aliphatic carbocycles. The molecule has 0 saturated carbocycles. The molecular weight excluding hydrogens is 1000 g/mol. The summed E-state index contributed by atoms with van der Waals surface area (Å²) >= 11 is 1.30. The van der Waals surface area contributed by atoms with Gasteiger partial charge >= 0.3 is 11.9 Å². The normalized spacial score (nSPS) is 19.5. The Balaban J connectivity index is 1.38. The number of esters is 2. The summed E-state index contributed by atoms with van der Waals surface area (Å²) in [6.07, 6.45) is 3.18. The number of halogens is 1. The van der Waals surface area contributed by atoms with Crippen LogP contribution in [0.3, 0.4) is 0 Å². The minimum Gasteiger partial charge on any atom is -0.460 e. The molecule has 10 atom stereocenters. The smallest absolute Gasteiger partial charge is 0.313 e. The van der Waals surface area contributed by atoms with E-state index in [-0.39, 0.29) is 92.8 Å². The fourth-order valence-electron chi connectivity index (χ4n) is 9.41. The van der Waals surface area contributed by atoms with E-state index in [0.717, 1.165) is 32.2 Å². The van der Waals surface area contributed by atoms with Crippen molar-refractivity contribution in [1.29, 1.82) is 0 Å². The summed E-state index contributed by atoms with van der Waals surface area (Å²) in [4.78, 5) is 88.0. The number of rotatable bonds is 31. The first-order chi connectivity index (χ1) is 36.1. The Morgan fingerprint density at radius 1 is 1.00 bits per heavy atom. The van der Waals surface area contributed by atoms with Gasteiger partial charge in [0.1, 0.15) is 41.4 Å². The molecular formula is C56H89FN6O12S. The van der Waals surface area contributed by atoms with E-state index >= 15 is 0 Å². The fraction of sp³-hybridized carbons (Fsp3) is 0.732. The van der Waals surface area contributed by atoms with Crippen LogP contribution in [0, 0.1) is 17.7 Å². The number of amides is 4. The van der Waals surface area contributed by atoms with Crippen molar-refractivity contribution in [2.45, 2.75) is 213 Å². The number of hydrogen-bond acceptors (Lipinski definition) is 15. The molecule has 428 valence electrons. The van der Waals surface area contributed by atoms with Gasteiger partial charge in [-0.25, -0.2) is 9.37 Å². The Morgan fingerprint density at radius 3 is 2.39 bits per heavy atom. The number of nitrogens with zero attached hydrogens (tertiary/aromatic N) is 2. The van der Waals surface area contributed by atoms with Gasteiger partial charge in [-0.1, -0.05) is 60.5 Å². The first-order valence-electron chi connectivity index (χ1n) is 27.6. The monoisotopic (exact) mass is 1090 g/mol. The quantitative estimate of drug-likeness (QED) is 0.0371. The molecule has 0 radical (unpaired) electrons. The summed E-state index contributed by atoms with van der Waals surface area (Å²) in [5.74, 6) is -3.78. The maximum atomic E-state index is 14.7. The molecule has 2 aromatic rings. The van der Waals surface area contributed by atoms with Gasteiger partial charge in [-0.3, -0.25) is 28.8 Å². The standard InChI is InChI=1S/C56H89FN6O12S/c1-12-24-63(54(69)50(35(6)14-3)62-51(67)43-18-15-16-23-58-43)45(34(4)5)29-46(71-25-13-2)53-61-44(33-76-53)52(68)60-40-26-38-21-22-39(57)27-41(38)42(28-40)55(70)74-36(7)30-59-47(65)19-17-20-48(66)72-32-49(73-37(8)31-64)75-56(9,10)11/h21-22,27,33-37,40,42-43,45-46,49-50,58,64H,12-20,23-26,28-32H2,1-11H3,(H,59,65)(H,60,68)(H,62,67). The largest absolute Gasteiger partial charge is 0.460 e. The van der Waals surface area contributed by atoms with E-state index in [1.807, 2.05) is 53.4 Å². The molecule has 0 spiro atoms. The molecule has 10 unspecified atom stereocenters. The minimum absolute atomic E-state index is 0.00980. The molecule has 1 aromatic heterocycles. The second-order valence-corrected chi connectivity index (χ2v) is 22.7. The van der Waals surface area contributed by atoms with Crippen LogP contribution in [-0.4, -0.2) is 138 Å². The van der Waals surface area contributed by atoms with E-state index in [4.69, 9.17) is 28.7 Å². The maximum Gasteiger partial charge on any atom is 0.313 e. The lowest BCUT2D eigenvalue weighted by atomic mass is 9.80. The summed E-state index contributed by atoms with van der Waals surface area (Å²) in [5.41, 5.74) is 0.732. The zero-order valence-corrected chi connectivity index (χ0v) is 47.8. The number of hydrogen-bond donors (Lipinski definition) is 5. The van der Waals surface area contributed by atoms with Crippen molar-refractivity contribution >= 4 is 46.9 Å². The third-order valence-corrected chi connectivity index (χ3v) is 14.6. The van der Waals surface area contributed by atoms with Gasteiger partial charge in [0, 0.05) is 49.9 Å². The number of ether oxygens (including phenoxy) is 5. The van der Waals surface area contributed by atoms with Gasteiger partial charge in [-0.05, 0) is 121 Å². The Hall–Kier alpha value is -4.60. The molecule has 1 saturated heterocycles. The number of thiazole rings is 1. The van der Waals surface area contributed by atoms with Crippen molar-refractivity contribution in [3.8, 4) is 0 Å². The van der Waals surface area contributed by atoms with Gasteiger partial charge in [0.25, 0.3) is 5.91 Å². The van der Waals surface area contributed by atoms with Gasteiger partial charge in [-0.2, -0.15) is 0 Å². The third kappa shape index (κ3) is 20.6. The van der Waals surface area contributed by atoms with E-state index in [0.29, 0.717) is 55.0 Å². The number of aliphatic hydroxyl groups excluding tert-OH is 1. The number of aliphatic hydroxyl groups is 1. The highest BCUT2D eigenvalue weighted by Crippen LogP contribution is 2.35. The highest BCUT2D eigenvalue weighted by atomic mass is 32.1. The number of aromatic nitrogens is 1. The lowest BCUT2D eigenvalue weighted by Gasteiger charge is -2.39. The van der Waals surface area contributed by atoms with Gasteiger partial charge in [0.15, 0.2) is 6.29 Å². The van der Waals surface area contributed by atoms with Crippen molar-refractivity contribution in [2.75, 3.05) is 39.5 Å². The second-order valence-electron chi connectivity index (χ2n) is 21.8. The minimum atomic E-state index is -0.920. The summed E-state index contributed by atoms with van der Waals surface area (Å²) < 4.78 is 43.7. The maximum absolute atomic E-state index is 14.7. The number of nitrogens with one attached hydrogen (secondary N) is 4. The van der Waals surface area contributed by atoms with Gasteiger partial charge in [0.2, 0.25) is 17.7 Å². The number of benzene rings is 1.